The molecule has 0 spiro atoms. The van der Waals surface area contributed by atoms with Gasteiger partial charge < -0.3 is 62.0 Å². The number of hydrogen-bond donors (Lipinski definition) is 1. The van der Waals surface area contributed by atoms with Gasteiger partial charge in [-0.3, -0.25) is 4.79 Å². The molecule has 0 saturated carbocycles. The van der Waals surface area contributed by atoms with Crippen LogP contribution in [0.3, 0.4) is 0 Å². The van der Waals surface area contributed by atoms with Crippen LogP contribution in [-0.4, -0.2) is 147 Å². The lowest BCUT2D eigenvalue weighted by Crippen LogP contribution is -2.68. The Morgan fingerprint density at radius 2 is 1.50 bits per heavy atom. The van der Waals surface area contributed by atoms with Gasteiger partial charge in [0.05, 0.1) is 38.4 Å². The molecule has 1 N–H and O–H groups in total. The molecule has 10 atom stereocenters. The highest BCUT2D eigenvalue weighted by Crippen LogP contribution is 2.39. The first-order valence-corrected chi connectivity index (χ1v) is 14.4. The van der Waals surface area contributed by atoms with E-state index in [9.17, 15) is 9.90 Å². The maximum Gasteiger partial charge on any atom is 0.177 e. The molecule has 15 nitrogen and oxygen atoms in total. The zero-order chi connectivity index (χ0) is 31.5. The van der Waals surface area contributed by atoms with Gasteiger partial charge in [-0.2, -0.15) is 5.06 Å². The number of aliphatic hydroxyl groups excluding tert-OH is 1. The molecule has 250 valence electrons. The van der Waals surface area contributed by atoms with Crippen molar-refractivity contribution in [1.82, 2.24) is 5.06 Å². The Bertz CT molecular complexity index is 975. The largest absolute Gasteiger partial charge is 0.389 e. The third-order valence-electron chi connectivity index (χ3n) is 7.74. The fourth-order valence-corrected chi connectivity index (χ4v) is 5.87. The monoisotopic (exact) mass is 631 g/mol. The second-order valence-electron chi connectivity index (χ2n) is 10.5. The minimum Gasteiger partial charge on any atom is -0.389 e. The minimum absolute atomic E-state index is 0.00694. The molecule has 3 aliphatic heterocycles. The van der Waals surface area contributed by atoms with Crippen molar-refractivity contribution in [3.63, 3.8) is 0 Å². The summed E-state index contributed by atoms with van der Waals surface area (Å²) in [5, 5.41) is 13.8. The van der Waals surface area contributed by atoms with Crippen LogP contribution >= 0.6 is 0 Å². The topological polar surface area (TPSA) is 151 Å². The quantitative estimate of drug-likeness (QED) is 0.125. The fraction of sp³-hybridized carbons (Fsp3) is 0.759. The van der Waals surface area contributed by atoms with E-state index in [-0.39, 0.29) is 46.2 Å². The molecule has 3 saturated heterocycles. The summed E-state index contributed by atoms with van der Waals surface area (Å²) in [7, 11) is 7.42. The molecule has 44 heavy (non-hydrogen) atoms. The minimum atomic E-state index is -1.44. The highest BCUT2D eigenvalue weighted by Gasteiger charge is 2.60. The van der Waals surface area contributed by atoms with Crippen LogP contribution < -0.4 is 0 Å². The lowest BCUT2D eigenvalue weighted by atomic mass is 9.79. The Balaban J connectivity index is 1.70. The number of aliphatic hydroxyl groups is 1. The van der Waals surface area contributed by atoms with E-state index in [1.165, 1.54) is 35.5 Å². The van der Waals surface area contributed by atoms with E-state index in [0.717, 1.165) is 5.56 Å². The Morgan fingerprint density at radius 3 is 2.14 bits per heavy atom. The summed E-state index contributed by atoms with van der Waals surface area (Å²) >= 11 is 0. The van der Waals surface area contributed by atoms with Gasteiger partial charge in [-0.25, -0.2) is 0 Å². The number of hydroxylamine groups is 2. The van der Waals surface area contributed by atoms with Crippen LogP contribution in [0.2, 0.25) is 0 Å². The number of carbonyl (C=O) groups excluding carboxylic acids is 1. The van der Waals surface area contributed by atoms with Crippen molar-refractivity contribution < 1.29 is 66.8 Å². The average molecular weight is 632 g/mol. The van der Waals surface area contributed by atoms with Gasteiger partial charge in [0.2, 0.25) is 0 Å². The Labute approximate surface area is 257 Å². The molecule has 1 aromatic rings. The molecule has 0 amide bonds. The standard InChI is InChI=1S/C29H45NO14/c1-33-14-38-12-20-25(40-15-34-2)27(41-16-35-3)28(42-17-36-4)26(43-20)24(32)21-22(29-39-13-19(44-29)23(21)31)30(37-5)11-18-9-7-6-8-10-18/h6-10,19-22,24-29,32H,11-17H2,1-5H3/t19-,20-,21+,22-,24-,25+,26+,27+,28+,29-/m1/s1. The summed E-state index contributed by atoms with van der Waals surface area (Å²) in [6, 6.07) is 8.75. The van der Waals surface area contributed by atoms with Gasteiger partial charge in [-0.15, -0.1) is 0 Å². The van der Waals surface area contributed by atoms with E-state index in [1.807, 2.05) is 30.3 Å². The van der Waals surface area contributed by atoms with Crippen LogP contribution in [-0.2, 0) is 68.3 Å². The summed E-state index contributed by atoms with van der Waals surface area (Å²) in [6.45, 7) is -0.0281. The first kappa shape index (κ1) is 35.2. The molecular weight excluding hydrogens is 586 g/mol. The van der Waals surface area contributed by atoms with E-state index >= 15 is 0 Å². The van der Waals surface area contributed by atoms with Gasteiger partial charge in [0, 0.05) is 35.0 Å². The number of Topliss-reactive ketones (excluding diaryl/α,β-unsaturated/α-hetero) is 1. The highest BCUT2D eigenvalue weighted by atomic mass is 16.7. The number of hydrogen-bond acceptors (Lipinski definition) is 15. The number of nitrogens with zero attached hydrogens (tertiary/aromatic N) is 1. The highest BCUT2D eigenvalue weighted by molar-refractivity contribution is 5.88. The van der Waals surface area contributed by atoms with Crippen molar-refractivity contribution >= 4 is 5.78 Å². The van der Waals surface area contributed by atoms with Gasteiger partial charge in [0.15, 0.2) is 12.1 Å². The van der Waals surface area contributed by atoms with Gasteiger partial charge in [0.25, 0.3) is 0 Å². The summed E-state index contributed by atoms with van der Waals surface area (Å²) in [5.41, 5.74) is 0.923. The van der Waals surface area contributed by atoms with E-state index in [0.29, 0.717) is 6.54 Å². The molecular formula is C29H45NO14. The van der Waals surface area contributed by atoms with Crippen molar-refractivity contribution in [3.8, 4) is 0 Å². The number of carbonyl (C=O) groups is 1. The molecule has 4 rings (SSSR count). The zero-order valence-electron chi connectivity index (χ0n) is 25.8. The lowest BCUT2D eigenvalue weighted by Gasteiger charge is -2.49. The number of ether oxygens (including phenoxy) is 11. The van der Waals surface area contributed by atoms with Crippen LogP contribution in [0.5, 0.6) is 0 Å². The van der Waals surface area contributed by atoms with Crippen molar-refractivity contribution in [1.29, 1.82) is 0 Å². The van der Waals surface area contributed by atoms with Gasteiger partial charge in [0.1, 0.15) is 63.8 Å². The molecule has 0 aliphatic carbocycles. The van der Waals surface area contributed by atoms with Crippen molar-refractivity contribution in [2.24, 2.45) is 5.92 Å². The molecule has 0 unspecified atom stereocenters. The SMILES string of the molecule is COCOC[C@H]1O[C@@H]([C@H](O)[C@@H]2C(=O)[C@H]3CO[C@H](O3)[C@@H]2N(Cc2ccccc2)OC)[C@H](OCOC)[C@@H](OCOC)[C@H]1OCOC. The summed E-state index contributed by atoms with van der Waals surface area (Å²) in [5.74, 6) is -1.41. The van der Waals surface area contributed by atoms with Crippen LogP contribution in [0.15, 0.2) is 30.3 Å². The molecule has 0 aromatic heterocycles. The number of fused-ring (bicyclic) bond motifs is 2. The molecule has 3 heterocycles. The van der Waals surface area contributed by atoms with Crippen LogP contribution in [0, 0.1) is 5.92 Å². The number of benzene rings is 1. The molecule has 2 bridgehead atoms. The molecule has 3 fully saturated rings. The average Bonchev–Trinajstić information content (AvgIpc) is 3.48. The Morgan fingerprint density at radius 1 is 0.864 bits per heavy atom. The Kier molecular flexibility index (Phi) is 14.3. The summed E-state index contributed by atoms with van der Waals surface area (Å²) in [6.07, 6.45) is -7.71. The van der Waals surface area contributed by atoms with E-state index in [2.05, 4.69) is 0 Å². The first-order chi connectivity index (χ1) is 21.5. The molecule has 0 radical (unpaired) electrons. The second kappa shape index (κ2) is 17.9. The smallest absolute Gasteiger partial charge is 0.177 e. The van der Waals surface area contributed by atoms with Crippen molar-refractivity contribution in [2.75, 3.05) is 75.9 Å². The third-order valence-corrected chi connectivity index (χ3v) is 7.74. The zero-order valence-corrected chi connectivity index (χ0v) is 25.8. The number of methoxy groups -OCH3 is 4. The second-order valence-corrected chi connectivity index (χ2v) is 10.5. The van der Waals surface area contributed by atoms with Crippen molar-refractivity contribution in [2.45, 2.75) is 61.6 Å². The van der Waals surface area contributed by atoms with E-state index in [1.54, 1.807) is 5.06 Å². The fourth-order valence-electron chi connectivity index (χ4n) is 5.87. The van der Waals surface area contributed by atoms with Crippen molar-refractivity contribution in [3.05, 3.63) is 35.9 Å². The first-order valence-electron chi connectivity index (χ1n) is 14.4. The maximum atomic E-state index is 13.9. The molecule has 15 heteroatoms. The molecule has 1 aromatic carbocycles. The predicted octanol–water partition coefficient (Wildman–Crippen LogP) is 0.0751. The van der Waals surface area contributed by atoms with E-state index < -0.39 is 61.0 Å². The maximum absolute atomic E-state index is 13.9. The number of rotatable bonds is 19. The lowest BCUT2D eigenvalue weighted by molar-refractivity contribution is -0.317. The van der Waals surface area contributed by atoms with Gasteiger partial charge in [-0.1, -0.05) is 30.3 Å². The van der Waals surface area contributed by atoms with Crippen LogP contribution in [0.25, 0.3) is 0 Å². The third kappa shape index (κ3) is 8.37. The molecule has 3 aliphatic rings. The van der Waals surface area contributed by atoms with Crippen LogP contribution in [0.4, 0.5) is 0 Å². The van der Waals surface area contributed by atoms with Crippen LogP contribution in [0.1, 0.15) is 5.56 Å². The number of ketones is 1. The van der Waals surface area contributed by atoms with Gasteiger partial charge >= 0.3 is 0 Å². The Hall–Kier alpha value is -1.67. The normalized spacial score (nSPS) is 32.8. The summed E-state index contributed by atoms with van der Waals surface area (Å²) < 4.78 is 62.7. The predicted molar refractivity (Wildman–Crippen MR) is 149 cm³/mol. The van der Waals surface area contributed by atoms with E-state index in [4.69, 9.17) is 56.9 Å². The summed E-state index contributed by atoms with van der Waals surface area (Å²) in [4.78, 5) is 19.7. The van der Waals surface area contributed by atoms with Gasteiger partial charge in [-0.05, 0) is 5.56 Å².